The molecule has 0 bridgehead atoms. The maximum Gasteiger partial charge on any atom is 0.198 e. The zero-order valence-electron chi connectivity index (χ0n) is 42.1. The van der Waals surface area contributed by atoms with Gasteiger partial charge < -0.3 is 10.2 Å². The second-order valence-electron chi connectivity index (χ2n) is 21.4. The van der Waals surface area contributed by atoms with Crippen molar-refractivity contribution in [2.75, 3.05) is 10.2 Å². The summed E-state index contributed by atoms with van der Waals surface area (Å²) in [4.78, 5) is 2.56. The molecule has 0 amide bonds. The molecular formula is C65H67BN2. The summed E-state index contributed by atoms with van der Waals surface area (Å²) < 4.78 is 0. The van der Waals surface area contributed by atoms with Crippen LogP contribution in [0.25, 0.3) is 44.5 Å². The van der Waals surface area contributed by atoms with Crippen LogP contribution >= 0.6 is 0 Å². The van der Waals surface area contributed by atoms with Crippen LogP contribution in [0.2, 0.25) is 0 Å². The first-order valence-corrected chi connectivity index (χ1v) is 25.2. The number of nitrogens with one attached hydrogen (secondary N) is 1. The zero-order valence-corrected chi connectivity index (χ0v) is 42.1. The van der Waals surface area contributed by atoms with Crippen molar-refractivity contribution < 1.29 is 0 Å². The minimum atomic E-state index is 0.0954. The summed E-state index contributed by atoms with van der Waals surface area (Å²) in [7, 11) is 0.831. The molecule has 0 radical (unpaired) electrons. The summed E-state index contributed by atoms with van der Waals surface area (Å²) in [6.45, 7) is 23.6. The van der Waals surface area contributed by atoms with E-state index in [0.717, 1.165) is 25.1 Å². The van der Waals surface area contributed by atoms with E-state index >= 15 is 0 Å². The lowest BCUT2D eigenvalue weighted by Gasteiger charge is -2.42. The highest BCUT2D eigenvalue weighted by molar-refractivity contribution is 6.73. The van der Waals surface area contributed by atoms with Crippen LogP contribution in [0.1, 0.15) is 105 Å². The second kappa shape index (κ2) is 17.8. The molecule has 0 saturated heterocycles. The monoisotopic (exact) mass is 887 g/mol. The summed E-state index contributed by atoms with van der Waals surface area (Å²) >= 11 is 0. The Labute approximate surface area is 407 Å². The maximum absolute atomic E-state index is 4.04. The third-order valence-corrected chi connectivity index (χ3v) is 15.6. The second-order valence-corrected chi connectivity index (χ2v) is 21.4. The van der Waals surface area contributed by atoms with E-state index in [2.05, 4.69) is 231 Å². The Morgan fingerprint density at radius 2 is 1.19 bits per heavy atom. The Bertz CT molecular complexity index is 3190. The number of aryl methyl sites for hydroxylation is 5. The highest BCUT2D eigenvalue weighted by Gasteiger charge is 2.38. The summed E-state index contributed by atoms with van der Waals surface area (Å²) in [5.74, 6) is 0. The first kappa shape index (κ1) is 45.2. The molecule has 10 rings (SSSR count). The number of anilines is 5. The molecule has 1 aliphatic carbocycles. The van der Waals surface area contributed by atoms with E-state index < -0.39 is 0 Å². The average Bonchev–Trinajstić information content (AvgIpc) is 3.33. The fourth-order valence-electron chi connectivity index (χ4n) is 11.4. The van der Waals surface area contributed by atoms with Crippen LogP contribution in [0, 0.1) is 34.6 Å². The fraction of sp³-hybridized carbons (Fsp3) is 0.262. The van der Waals surface area contributed by atoms with E-state index in [4.69, 9.17) is 0 Å². The number of unbranched alkanes of at least 4 members (excludes halogenated alkanes) is 1. The quantitative estimate of drug-likeness (QED) is 0.138. The zero-order chi connectivity index (χ0) is 47.5. The van der Waals surface area contributed by atoms with E-state index in [1.54, 1.807) is 0 Å². The Balaban J connectivity index is 1.25. The van der Waals surface area contributed by atoms with Gasteiger partial charge in [-0.1, -0.05) is 155 Å². The number of rotatable bonds is 10. The van der Waals surface area contributed by atoms with Gasteiger partial charge in [-0.05, 0) is 203 Å². The van der Waals surface area contributed by atoms with Gasteiger partial charge >= 0.3 is 0 Å². The van der Waals surface area contributed by atoms with Crippen LogP contribution in [-0.2, 0) is 17.3 Å². The lowest BCUT2D eigenvalue weighted by Crippen LogP contribution is -2.41. The third kappa shape index (κ3) is 8.29. The van der Waals surface area contributed by atoms with Crippen molar-refractivity contribution in [3.05, 3.63) is 196 Å². The van der Waals surface area contributed by atoms with Crippen molar-refractivity contribution in [2.45, 2.75) is 112 Å². The molecule has 8 aromatic carbocycles. The third-order valence-electron chi connectivity index (χ3n) is 15.6. The van der Waals surface area contributed by atoms with E-state index in [1.165, 1.54) is 143 Å². The van der Waals surface area contributed by atoms with Gasteiger partial charge in [-0.3, -0.25) is 0 Å². The Morgan fingerprint density at radius 3 is 1.90 bits per heavy atom. The molecule has 0 atom stereocenters. The van der Waals surface area contributed by atoms with Crippen molar-refractivity contribution in [3.8, 4) is 44.5 Å². The van der Waals surface area contributed by atoms with Crippen LogP contribution in [0.4, 0.5) is 28.4 Å². The molecule has 1 N–H and O–H groups in total. The number of benzene rings is 8. The molecule has 8 aromatic rings. The molecule has 0 saturated carbocycles. The van der Waals surface area contributed by atoms with Crippen molar-refractivity contribution in [1.29, 1.82) is 0 Å². The van der Waals surface area contributed by atoms with Gasteiger partial charge in [-0.25, -0.2) is 0 Å². The molecule has 68 heavy (non-hydrogen) atoms. The lowest BCUT2D eigenvalue weighted by atomic mass is 9.57. The molecule has 0 spiro atoms. The van der Waals surface area contributed by atoms with E-state index in [1.807, 2.05) is 0 Å². The van der Waals surface area contributed by atoms with Gasteiger partial charge in [0.25, 0.3) is 0 Å². The fourth-order valence-corrected chi connectivity index (χ4v) is 11.4. The first-order chi connectivity index (χ1) is 32.7. The number of hydrogen-bond acceptors (Lipinski definition) is 2. The van der Waals surface area contributed by atoms with Crippen LogP contribution in [0.3, 0.4) is 0 Å². The largest absolute Gasteiger partial charge is 0.355 e. The van der Waals surface area contributed by atoms with Gasteiger partial charge in [0, 0.05) is 34.0 Å². The Morgan fingerprint density at radius 1 is 0.544 bits per heavy atom. The van der Waals surface area contributed by atoms with Crippen molar-refractivity contribution in [3.63, 3.8) is 0 Å². The SMILES string of the molecule is CCCCc1ccc(N2c3ccc(C)cc3Bc3c2cc(-c2ccccc2C)c(C)c3-c2cc(-c3cc4c(cc3C)C(C)(C)CCC4(C)C)c(C)cc2Nc2ccc(-c3ccccc3)cc2)cc1. The predicted molar refractivity (Wildman–Crippen MR) is 297 cm³/mol. The molecular weight excluding hydrogens is 820 g/mol. The smallest absolute Gasteiger partial charge is 0.198 e. The molecule has 2 nitrogen and oxygen atoms in total. The molecule has 0 unspecified atom stereocenters. The van der Waals surface area contributed by atoms with Gasteiger partial charge in [0.05, 0.1) is 0 Å². The summed E-state index contributed by atoms with van der Waals surface area (Å²) in [6.07, 6.45) is 5.87. The van der Waals surface area contributed by atoms with Gasteiger partial charge in [0.15, 0.2) is 7.28 Å². The number of nitrogens with zero attached hydrogens (tertiary/aromatic N) is 1. The normalized spacial score (nSPS) is 14.4. The predicted octanol–water partition coefficient (Wildman–Crippen LogP) is 16.5. The Hall–Kier alpha value is -6.58. The maximum atomic E-state index is 4.04. The molecule has 3 heteroatoms. The topological polar surface area (TPSA) is 15.3 Å². The standard InChI is InChI=1S/C65H67BN2/c1-11-12-19-46-24-30-50(31-25-46)68-60-32-23-41(2)35-58(60)66-63-61(68)40-54(51-22-17-16-18-42(51)3)45(6)62(63)55-38-52(53-39-57-56(36-43(53)4)64(7,8)33-34-65(57,9)10)44(5)37-59(55)67-49-28-26-48(27-29-49)47-20-14-13-15-21-47/h13-18,20-32,35-40,66-67H,11-12,19,33-34H2,1-10H3. The summed E-state index contributed by atoms with van der Waals surface area (Å²) in [6, 6.07) is 57.6. The number of hydrogen-bond donors (Lipinski definition) is 1. The summed E-state index contributed by atoms with van der Waals surface area (Å²) in [5, 5.41) is 4.04. The molecule has 1 aliphatic heterocycles. The van der Waals surface area contributed by atoms with Crippen LogP contribution in [-0.4, -0.2) is 7.28 Å². The number of fused-ring (bicyclic) bond motifs is 3. The van der Waals surface area contributed by atoms with Gasteiger partial charge in [0.2, 0.25) is 0 Å². The molecule has 1 heterocycles. The minimum absolute atomic E-state index is 0.0954. The van der Waals surface area contributed by atoms with Crippen LogP contribution in [0.5, 0.6) is 0 Å². The Kier molecular flexibility index (Phi) is 11.9. The molecule has 0 fully saturated rings. The lowest BCUT2D eigenvalue weighted by molar-refractivity contribution is 0.332. The first-order valence-electron chi connectivity index (χ1n) is 25.2. The highest BCUT2D eigenvalue weighted by atomic mass is 15.1. The van der Waals surface area contributed by atoms with Crippen LogP contribution < -0.4 is 21.1 Å². The molecule has 340 valence electrons. The van der Waals surface area contributed by atoms with E-state index in [9.17, 15) is 0 Å². The minimum Gasteiger partial charge on any atom is -0.355 e. The molecule has 0 aromatic heterocycles. The van der Waals surface area contributed by atoms with Crippen LogP contribution in [0.15, 0.2) is 152 Å². The highest BCUT2D eigenvalue weighted by Crippen LogP contribution is 2.50. The molecule has 2 aliphatic rings. The van der Waals surface area contributed by atoms with Crippen molar-refractivity contribution >= 4 is 46.6 Å². The van der Waals surface area contributed by atoms with Gasteiger partial charge in [-0.15, -0.1) is 0 Å². The van der Waals surface area contributed by atoms with Crippen molar-refractivity contribution in [1.82, 2.24) is 0 Å². The van der Waals surface area contributed by atoms with E-state index in [0.29, 0.717) is 0 Å². The average molecular weight is 887 g/mol. The summed E-state index contributed by atoms with van der Waals surface area (Å²) in [5.41, 5.74) is 29.8. The van der Waals surface area contributed by atoms with Gasteiger partial charge in [-0.2, -0.15) is 0 Å². The van der Waals surface area contributed by atoms with Gasteiger partial charge in [0.1, 0.15) is 0 Å². The van der Waals surface area contributed by atoms with Crippen molar-refractivity contribution in [2.24, 2.45) is 0 Å². The van der Waals surface area contributed by atoms with E-state index in [-0.39, 0.29) is 10.8 Å².